The monoisotopic (exact) mass is 416 g/mol. The zero-order chi connectivity index (χ0) is 21.1. The Morgan fingerprint density at radius 2 is 1.90 bits per heavy atom. The largest absolute Gasteiger partial charge is 0.454 e. The molecule has 4 rings (SSSR count). The molecule has 0 aliphatic carbocycles. The minimum atomic E-state index is -0.917. The molecule has 3 aromatic rings. The van der Waals surface area contributed by atoms with Gasteiger partial charge < -0.3 is 24.6 Å². The van der Waals surface area contributed by atoms with Crippen LogP contribution in [0.4, 0.5) is 14.5 Å². The lowest BCUT2D eigenvalue weighted by molar-refractivity contribution is -0.115. The Balaban J connectivity index is 1.31. The Bertz CT molecular complexity index is 1120. The molecule has 154 valence electrons. The van der Waals surface area contributed by atoms with Crippen molar-refractivity contribution in [2.24, 2.45) is 0 Å². The molecule has 2 heterocycles. The standard InChI is InChI=1S/C19H14F2N4O5/c20-11-2-3-13(12(21)6-11)23-17(26)7-16-24-19(30-25-16)18(27)22-8-10-1-4-14-15(5-10)29-9-28-14/h1-6H,7-9H2,(H,22,27)(H,23,26). The number of rotatable bonds is 6. The van der Waals surface area contributed by atoms with Gasteiger partial charge in [-0.2, -0.15) is 4.98 Å². The van der Waals surface area contributed by atoms with E-state index in [9.17, 15) is 18.4 Å². The van der Waals surface area contributed by atoms with Gasteiger partial charge in [0.2, 0.25) is 12.7 Å². The lowest BCUT2D eigenvalue weighted by Crippen LogP contribution is -2.23. The van der Waals surface area contributed by atoms with Crippen LogP contribution in [-0.2, 0) is 17.8 Å². The minimum Gasteiger partial charge on any atom is -0.454 e. The van der Waals surface area contributed by atoms with E-state index in [1.165, 1.54) is 0 Å². The van der Waals surface area contributed by atoms with Crippen molar-refractivity contribution in [2.45, 2.75) is 13.0 Å². The van der Waals surface area contributed by atoms with Gasteiger partial charge in [-0.1, -0.05) is 11.2 Å². The van der Waals surface area contributed by atoms with Crippen molar-refractivity contribution in [2.75, 3.05) is 12.1 Å². The molecule has 2 aromatic carbocycles. The summed E-state index contributed by atoms with van der Waals surface area (Å²) in [5.41, 5.74) is 0.583. The van der Waals surface area contributed by atoms with Gasteiger partial charge in [0, 0.05) is 12.6 Å². The first kappa shape index (κ1) is 19.3. The number of hydrogen-bond donors (Lipinski definition) is 2. The van der Waals surface area contributed by atoms with Crippen LogP contribution in [0, 0.1) is 11.6 Å². The highest BCUT2D eigenvalue weighted by atomic mass is 19.1. The lowest BCUT2D eigenvalue weighted by atomic mass is 10.2. The van der Waals surface area contributed by atoms with Crippen molar-refractivity contribution in [3.05, 3.63) is 65.3 Å². The zero-order valence-corrected chi connectivity index (χ0v) is 15.3. The van der Waals surface area contributed by atoms with Gasteiger partial charge in [-0.15, -0.1) is 0 Å². The summed E-state index contributed by atoms with van der Waals surface area (Å²) in [5.74, 6) is -2.14. The minimum absolute atomic E-state index is 0.0664. The fraction of sp³-hybridized carbons (Fsp3) is 0.158. The molecular weight excluding hydrogens is 402 g/mol. The normalized spacial score (nSPS) is 11.9. The third kappa shape index (κ3) is 4.35. The number of nitrogens with zero attached hydrogens (tertiary/aromatic N) is 2. The maximum absolute atomic E-state index is 13.6. The average Bonchev–Trinajstić information content (AvgIpc) is 3.37. The van der Waals surface area contributed by atoms with Gasteiger partial charge in [0.15, 0.2) is 17.3 Å². The van der Waals surface area contributed by atoms with E-state index in [1.807, 2.05) is 0 Å². The maximum atomic E-state index is 13.6. The van der Waals surface area contributed by atoms with E-state index in [2.05, 4.69) is 20.8 Å². The second-order valence-electron chi connectivity index (χ2n) is 6.24. The highest BCUT2D eigenvalue weighted by Gasteiger charge is 2.18. The topological polar surface area (TPSA) is 116 Å². The summed E-state index contributed by atoms with van der Waals surface area (Å²) in [6.07, 6.45) is -0.365. The van der Waals surface area contributed by atoms with Gasteiger partial charge in [0.25, 0.3) is 0 Å². The van der Waals surface area contributed by atoms with Gasteiger partial charge in [0.1, 0.15) is 11.6 Å². The number of aromatic nitrogens is 2. The van der Waals surface area contributed by atoms with Crippen LogP contribution in [0.3, 0.4) is 0 Å². The van der Waals surface area contributed by atoms with E-state index in [0.29, 0.717) is 17.6 Å². The molecule has 0 atom stereocenters. The second-order valence-corrected chi connectivity index (χ2v) is 6.24. The quantitative estimate of drug-likeness (QED) is 0.633. The van der Waals surface area contributed by atoms with E-state index in [0.717, 1.165) is 17.7 Å². The van der Waals surface area contributed by atoms with E-state index >= 15 is 0 Å². The van der Waals surface area contributed by atoms with Crippen LogP contribution >= 0.6 is 0 Å². The fourth-order valence-electron chi connectivity index (χ4n) is 2.66. The van der Waals surface area contributed by atoms with Crippen LogP contribution in [0.2, 0.25) is 0 Å². The number of ether oxygens (including phenoxy) is 2. The second kappa shape index (κ2) is 8.15. The first-order valence-electron chi connectivity index (χ1n) is 8.72. The van der Waals surface area contributed by atoms with E-state index < -0.39 is 23.4 Å². The number of halogens is 2. The first-order valence-corrected chi connectivity index (χ1v) is 8.72. The molecule has 1 aliphatic heterocycles. The summed E-state index contributed by atoms with van der Waals surface area (Å²) in [5, 5.41) is 8.43. The van der Waals surface area contributed by atoms with E-state index in [4.69, 9.17) is 14.0 Å². The SMILES string of the molecule is O=C(Cc1noc(C(=O)NCc2ccc3c(c2)OCO3)n1)Nc1ccc(F)cc1F. The summed E-state index contributed by atoms with van der Waals surface area (Å²) in [6, 6.07) is 7.99. The first-order chi connectivity index (χ1) is 14.5. The molecule has 0 saturated heterocycles. The van der Waals surface area contributed by atoms with Crippen molar-refractivity contribution in [1.29, 1.82) is 0 Å². The Kier molecular flexibility index (Phi) is 5.24. The number of hydrogen-bond acceptors (Lipinski definition) is 7. The third-order valence-corrected chi connectivity index (χ3v) is 4.08. The number of carbonyl (C=O) groups excluding carboxylic acids is 2. The Morgan fingerprint density at radius 3 is 2.73 bits per heavy atom. The number of anilines is 1. The van der Waals surface area contributed by atoms with Crippen molar-refractivity contribution in [3.63, 3.8) is 0 Å². The highest BCUT2D eigenvalue weighted by Crippen LogP contribution is 2.32. The Morgan fingerprint density at radius 1 is 1.07 bits per heavy atom. The smallest absolute Gasteiger partial charge is 0.315 e. The molecule has 0 fully saturated rings. The summed E-state index contributed by atoms with van der Waals surface area (Å²) in [6.45, 7) is 0.328. The van der Waals surface area contributed by atoms with Gasteiger partial charge in [-0.25, -0.2) is 8.78 Å². The third-order valence-electron chi connectivity index (χ3n) is 4.08. The fourth-order valence-corrected chi connectivity index (χ4v) is 2.66. The van der Waals surface area contributed by atoms with Crippen LogP contribution in [0.1, 0.15) is 22.1 Å². The average molecular weight is 416 g/mol. The van der Waals surface area contributed by atoms with Gasteiger partial charge in [0.05, 0.1) is 12.1 Å². The van der Waals surface area contributed by atoms with Crippen LogP contribution < -0.4 is 20.1 Å². The van der Waals surface area contributed by atoms with Crippen molar-refractivity contribution in [3.8, 4) is 11.5 Å². The van der Waals surface area contributed by atoms with Crippen LogP contribution in [0.15, 0.2) is 40.9 Å². The Labute approximate surface area is 168 Å². The summed E-state index contributed by atoms with van der Waals surface area (Å²) < 4.78 is 41.8. The summed E-state index contributed by atoms with van der Waals surface area (Å²) in [4.78, 5) is 28.0. The molecule has 0 unspecified atom stereocenters. The molecule has 1 aromatic heterocycles. The van der Waals surface area contributed by atoms with Crippen molar-refractivity contribution in [1.82, 2.24) is 15.5 Å². The summed E-state index contributed by atoms with van der Waals surface area (Å²) in [7, 11) is 0. The molecule has 11 heteroatoms. The molecule has 9 nitrogen and oxygen atoms in total. The maximum Gasteiger partial charge on any atom is 0.315 e. The Hall–Kier alpha value is -4.02. The molecule has 0 radical (unpaired) electrons. The van der Waals surface area contributed by atoms with Crippen LogP contribution in [0.25, 0.3) is 0 Å². The molecule has 30 heavy (non-hydrogen) atoms. The van der Waals surface area contributed by atoms with Gasteiger partial charge in [-0.05, 0) is 29.8 Å². The van der Waals surface area contributed by atoms with E-state index in [-0.39, 0.29) is 37.2 Å². The zero-order valence-electron chi connectivity index (χ0n) is 15.3. The molecule has 2 amide bonds. The van der Waals surface area contributed by atoms with Crippen molar-refractivity contribution < 1.29 is 32.4 Å². The molecular formula is C19H14F2N4O5. The number of amides is 2. The molecule has 1 aliphatic rings. The predicted octanol–water partition coefficient (Wildman–Crippen LogP) is 2.19. The van der Waals surface area contributed by atoms with Gasteiger partial charge >= 0.3 is 11.8 Å². The van der Waals surface area contributed by atoms with Crippen LogP contribution in [-0.4, -0.2) is 28.7 Å². The van der Waals surface area contributed by atoms with Crippen LogP contribution in [0.5, 0.6) is 11.5 Å². The molecule has 0 bridgehead atoms. The number of fused-ring (bicyclic) bond motifs is 1. The number of carbonyl (C=O) groups is 2. The van der Waals surface area contributed by atoms with Crippen molar-refractivity contribution >= 4 is 17.5 Å². The molecule has 0 spiro atoms. The van der Waals surface area contributed by atoms with Gasteiger partial charge in [-0.3, -0.25) is 9.59 Å². The number of nitrogens with one attached hydrogen (secondary N) is 2. The molecule has 0 saturated carbocycles. The molecule has 2 N–H and O–H groups in total. The number of benzene rings is 2. The highest BCUT2D eigenvalue weighted by molar-refractivity contribution is 5.92. The predicted molar refractivity (Wildman–Crippen MR) is 96.7 cm³/mol. The summed E-state index contributed by atoms with van der Waals surface area (Å²) >= 11 is 0. The van der Waals surface area contributed by atoms with E-state index in [1.54, 1.807) is 18.2 Å². The lowest BCUT2D eigenvalue weighted by Gasteiger charge is -2.04.